The predicted molar refractivity (Wildman–Crippen MR) is 91.1 cm³/mol. The Morgan fingerprint density at radius 3 is 2.67 bits per heavy atom. The van der Waals surface area contributed by atoms with E-state index in [-0.39, 0.29) is 17.5 Å². The van der Waals surface area contributed by atoms with Gasteiger partial charge in [0.15, 0.2) is 5.75 Å². The topological polar surface area (TPSA) is 79.9 Å². The van der Waals surface area contributed by atoms with Crippen molar-refractivity contribution in [2.24, 2.45) is 0 Å². The molecule has 2 aromatic rings. The summed E-state index contributed by atoms with van der Waals surface area (Å²) in [5.41, 5.74) is 0.0786. The van der Waals surface area contributed by atoms with E-state index in [0.717, 1.165) is 30.6 Å². The van der Waals surface area contributed by atoms with Gasteiger partial charge in [0.05, 0.1) is 21.8 Å². The van der Waals surface area contributed by atoms with Crippen LogP contribution in [0.25, 0.3) is 5.69 Å². The molecule has 1 fully saturated rings. The zero-order valence-electron chi connectivity index (χ0n) is 12.6. The lowest BCUT2D eigenvalue weighted by Gasteiger charge is -2.24. The Hall–Kier alpha value is -2.07. The van der Waals surface area contributed by atoms with Crippen molar-refractivity contribution in [1.29, 1.82) is 5.26 Å². The molecule has 3 rings (SSSR count). The molecule has 124 valence electrons. The number of nitrogens with zero attached hydrogens (tertiary/aromatic N) is 3. The standard InChI is InChI=1S/C16H14Cl2N4O2/c17-12-2-1-10(7-13(12)18)22-16(23)8-15(14(9-19)21-22)24-11-3-5-20-6-4-11/h1-2,7-8,11,20H,3-6H2. The minimum atomic E-state index is -0.406. The van der Waals surface area contributed by atoms with E-state index < -0.39 is 5.56 Å². The number of benzene rings is 1. The molecule has 0 spiro atoms. The summed E-state index contributed by atoms with van der Waals surface area (Å²) in [6.45, 7) is 1.70. The van der Waals surface area contributed by atoms with Gasteiger partial charge in [0.1, 0.15) is 12.2 Å². The smallest absolute Gasteiger partial charge is 0.275 e. The third-order valence-electron chi connectivity index (χ3n) is 3.73. The highest BCUT2D eigenvalue weighted by Crippen LogP contribution is 2.24. The molecule has 8 heteroatoms. The van der Waals surface area contributed by atoms with Gasteiger partial charge < -0.3 is 10.1 Å². The van der Waals surface area contributed by atoms with Crippen molar-refractivity contribution in [2.45, 2.75) is 18.9 Å². The van der Waals surface area contributed by atoms with Gasteiger partial charge in [-0.2, -0.15) is 9.94 Å². The molecule has 0 saturated carbocycles. The van der Waals surface area contributed by atoms with Crippen LogP contribution in [-0.2, 0) is 0 Å². The van der Waals surface area contributed by atoms with Gasteiger partial charge >= 0.3 is 0 Å². The van der Waals surface area contributed by atoms with Crippen molar-refractivity contribution < 1.29 is 4.74 Å². The minimum absolute atomic E-state index is 0.0274. The van der Waals surface area contributed by atoms with E-state index in [1.165, 1.54) is 12.1 Å². The second kappa shape index (κ2) is 7.22. The Labute approximate surface area is 148 Å². The summed E-state index contributed by atoms with van der Waals surface area (Å²) in [6.07, 6.45) is 1.61. The summed E-state index contributed by atoms with van der Waals surface area (Å²) in [7, 11) is 0. The number of nitrogens with one attached hydrogen (secondary N) is 1. The number of piperidine rings is 1. The number of rotatable bonds is 3. The molecule has 0 bridgehead atoms. The van der Waals surface area contributed by atoms with Gasteiger partial charge in [-0.05, 0) is 44.1 Å². The van der Waals surface area contributed by atoms with E-state index in [4.69, 9.17) is 27.9 Å². The fourth-order valence-electron chi connectivity index (χ4n) is 2.50. The molecule has 2 heterocycles. The molecular formula is C16H14Cl2N4O2. The van der Waals surface area contributed by atoms with Crippen molar-refractivity contribution in [3.63, 3.8) is 0 Å². The fraction of sp³-hybridized carbons (Fsp3) is 0.312. The van der Waals surface area contributed by atoms with E-state index in [2.05, 4.69) is 10.4 Å². The van der Waals surface area contributed by atoms with Crippen LogP contribution in [0.15, 0.2) is 29.1 Å². The second-order valence-corrected chi connectivity index (χ2v) is 6.20. The molecule has 1 aromatic carbocycles. The summed E-state index contributed by atoms with van der Waals surface area (Å²) < 4.78 is 6.91. The van der Waals surface area contributed by atoms with Gasteiger partial charge in [-0.3, -0.25) is 4.79 Å². The van der Waals surface area contributed by atoms with Crippen LogP contribution in [0, 0.1) is 11.3 Å². The van der Waals surface area contributed by atoms with Crippen molar-refractivity contribution in [1.82, 2.24) is 15.1 Å². The molecule has 1 aliphatic rings. The maximum absolute atomic E-state index is 12.4. The minimum Gasteiger partial charge on any atom is -0.487 e. The highest BCUT2D eigenvalue weighted by molar-refractivity contribution is 6.42. The van der Waals surface area contributed by atoms with Gasteiger partial charge in [0.25, 0.3) is 5.56 Å². The van der Waals surface area contributed by atoms with Gasteiger partial charge in [-0.1, -0.05) is 23.2 Å². The molecule has 0 radical (unpaired) electrons. The Balaban J connectivity index is 1.96. The number of ether oxygens (including phenoxy) is 1. The van der Waals surface area contributed by atoms with E-state index in [1.807, 2.05) is 6.07 Å². The van der Waals surface area contributed by atoms with Crippen LogP contribution in [0.1, 0.15) is 18.5 Å². The highest BCUT2D eigenvalue weighted by Gasteiger charge is 2.18. The summed E-state index contributed by atoms with van der Waals surface area (Å²) in [5.74, 6) is 0.214. The average Bonchev–Trinajstić information content (AvgIpc) is 2.59. The van der Waals surface area contributed by atoms with Crippen LogP contribution in [0.4, 0.5) is 0 Å². The van der Waals surface area contributed by atoms with Gasteiger partial charge in [0.2, 0.25) is 5.69 Å². The summed E-state index contributed by atoms with van der Waals surface area (Å²) in [5, 5.41) is 17.3. The van der Waals surface area contributed by atoms with Crippen LogP contribution >= 0.6 is 23.2 Å². The van der Waals surface area contributed by atoms with Crippen LogP contribution in [0.2, 0.25) is 10.0 Å². The highest BCUT2D eigenvalue weighted by atomic mass is 35.5. The SMILES string of the molecule is N#Cc1nn(-c2ccc(Cl)c(Cl)c2)c(=O)cc1OC1CCNCC1. The molecule has 0 unspecified atom stereocenters. The maximum atomic E-state index is 12.4. The monoisotopic (exact) mass is 364 g/mol. The molecular weight excluding hydrogens is 351 g/mol. The second-order valence-electron chi connectivity index (χ2n) is 5.38. The summed E-state index contributed by atoms with van der Waals surface area (Å²) in [6, 6.07) is 7.96. The number of nitriles is 1. The Kier molecular flexibility index (Phi) is 5.05. The Morgan fingerprint density at radius 2 is 2.00 bits per heavy atom. The quantitative estimate of drug-likeness (QED) is 0.904. The van der Waals surface area contributed by atoms with E-state index in [9.17, 15) is 10.1 Å². The molecule has 1 aromatic heterocycles. The molecule has 6 nitrogen and oxygen atoms in total. The molecule has 0 aliphatic carbocycles. The first kappa shape index (κ1) is 16.8. The molecule has 24 heavy (non-hydrogen) atoms. The van der Waals surface area contributed by atoms with E-state index in [1.54, 1.807) is 12.1 Å². The lowest BCUT2D eigenvalue weighted by atomic mass is 10.1. The third kappa shape index (κ3) is 3.54. The van der Waals surface area contributed by atoms with Crippen molar-refractivity contribution in [3.8, 4) is 17.5 Å². The van der Waals surface area contributed by atoms with Crippen molar-refractivity contribution in [2.75, 3.05) is 13.1 Å². The lowest BCUT2D eigenvalue weighted by molar-refractivity contribution is 0.160. The van der Waals surface area contributed by atoms with Crippen molar-refractivity contribution >= 4 is 23.2 Å². The van der Waals surface area contributed by atoms with Crippen molar-refractivity contribution in [3.05, 3.63) is 50.4 Å². The predicted octanol–water partition coefficient (Wildman–Crippen LogP) is 2.54. The number of hydrogen-bond donors (Lipinski definition) is 1. The van der Waals surface area contributed by atoms with Gasteiger partial charge in [-0.15, -0.1) is 5.10 Å². The number of hydrogen-bond acceptors (Lipinski definition) is 5. The van der Waals surface area contributed by atoms with Gasteiger partial charge in [-0.25, -0.2) is 0 Å². The largest absolute Gasteiger partial charge is 0.487 e. The van der Waals surface area contributed by atoms with E-state index in [0.29, 0.717) is 15.7 Å². The summed E-state index contributed by atoms with van der Waals surface area (Å²) >= 11 is 11.9. The van der Waals surface area contributed by atoms with Crippen LogP contribution < -0.4 is 15.6 Å². The molecule has 1 N–H and O–H groups in total. The Morgan fingerprint density at radius 1 is 1.25 bits per heavy atom. The van der Waals surface area contributed by atoms with E-state index >= 15 is 0 Å². The number of halogens is 2. The Bertz CT molecular complexity index is 854. The third-order valence-corrected chi connectivity index (χ3v) is 4.47. The van der Waals surface area contributed by atoms with Gasteiger partial charge in [0, 0.05) is 0 Å². The zero-order valence-corrected chi connectivity index (χ0v) is 14.1. The van der Waals surface area contributed by atoms with Crippen LogP contribution in [0.3, 0.4) is 0 Å². The number of aromatic nitrogens is 2. The first-order valence-corrected chi connectivity index (χ1v) is 8.21. The van der Waals surface area contributed by atoms with Crippen LogP contribution in [-0.4, -0.2) is 29.0 Å². The van der Waals surface area contributed by atoms with Crippen LogP contribution in [0.5, 0.6) is 5.75 Å². The molecule has 0 amide bonds. The fourth-order valence-corrected chi connectivity index (χ4v) is 2.79. The first-order valence-electron chi connectivity index (χ1n) is 7.46. The normalized spacial score (nSPS) is 15.0. The molecule has 1 saturated heterocycles. The molecule has 0 atom stereocenters. The molecule has 1 aliphatic heterocycles. The zero-order chi connectivity index (χ0) is 17.1. The summed E-state index contributed by atoms with van der Waals surface area (Å²) in [4.78, 5) is 12.4. The lowest BCUT2D eigenvalue weighted by Crippen LogP contribution is -2.34. The maximum Gasteiger partial charge on any atom is 0.275 e. The first-order chi connectivity index (χ1) is 11.6. The average molecular weight is 365 g/mol.